The summed E-state index contributed by atoms with van der Waals surface area (Å²) in [5, 5.41) is 8.40. The molecule has 0 bridgehead atoms. The maximum Gasteiger partial charge on any atom is 0.297 e. The van der Waals surface area contributed by atoms with Gasteiger partial charge in [-0.05, 0) is 6.92 Å². The van der Waals surface area contributed by atoms with E-state index in [1.807, 2.05) is 0 Å². The maximum absolute atomic E-state index is 9.44. The van der Waals surface area contributed by atoms with Gasteiger partial charge in [0.1, 0.15) is 0 Å². The molecule has 8 heavy (non-hydrogen) atoms. The van der Waals surface area contributed by atoms with E-state index in [0.717, 1.165) is 0 Å². The third-order valence-electron chi connectivity index (χ3n) is 0.271. The van der Waals surface area contributed by atoms with Crippen molar-refractivity contribution in [3.63, 3.8) is 0 Å². The van der Waals surface area contributed by atoms with Gasteiger partial charge in [0.05, 0.1) is 0 Å². The molecule has 4 N–H and O–H groups in total. The van der Waals surface area contributed by atoms with Gasteiger partial charge in [0.25, 0.3) is 5.09 Å². The van der Waals surface area contributed by atoms with Gasteiger partial charge in [-0.3, -0.25) is 16.3 Å². The van der Waals surface area contributed by atoms with E-state index in [0.29, 0.717) is 0 Å². The van der Waals surface area contributed by atoms with Crippen molar-refractivity contribution >= 4 is 0 Å². The van der Waals surface area contributed by atoms with Crippen molar-refractivity contribution in [1.82, 2.24) is 0 Å². The van der Waals surface area contributed by atoms with Gasteiger partial charge in [-0.2, -0.15) is 0 Å². The van der Waals surface area contributed by atoms with Crippen LogP contribution in [0.15, 0.2) is 0 Å². The fraction of sp³-hybridized carbons (Fsp3) is 1.00. The first-order valence-corrected chi connectivity index (χ1v) is 1.83. The van der Waals surface area contributed by atoms with Crippen molar-refractivity contribution in [1.29, 1.82) is 0 Å². The van der Waals surface area contributed by atoms with Crippen LogP contribution in [0, 0.1) is 10.1 Å². The first-order valence-electron chi connectivity index (χ1n) is 1.83. The van der Waals surface area contributed by atoms with Gasteiger partial charge < -0.3 is 0 Å². The molecule has 0 aliphatic rings. The van der Waals surface area contributed by atoms with E-state index in [2.05, 4.69) is 4.84 Å². The zero-order valence-corrected chi connectivity index (χ0v) is 4.33. The van der Waals surface area contributed by atoms with Gasteiger partial charge in [-0.1, -0.05) is 0 Å². The molecule has 0 heterocycles. The van der Waals surface area contributed by atoms with Crippen LogP contribution in [0.4, 0.5) is 0 Å². The molecule has 0 aromatic carbocycles. The Morgan fingerprint density at radius 1 is 1.75 bits per heavy atom. The summed E-state index contributed by atoms with van der Waals surface area (Å²) in [6.45, 7) is 1.18. The summed E-state index contributed by atoms with van der Waals surface area (Å²) in [7, 11) is 0. The molecule has 0 amide bonds. The van der Waals surface area contributed by atoms with Crippen LogP contribution in [0.3, 0.4) is 0 Å². The van der Waals surface area contributed by atoms with E-state index >= 15 is 0 Å². The fourth-order valence-corrected chi connectivity index (χ4v) is 0.161. The Balaban J connectivity index is 3.55. The molecule has 0 radical (unpaired) electrons. The van der Waals surface area contributed by atoms with E-state index in [9.17, 15) is 10.1 Å². The predicted molar refractivity (Wildman–Crippen MR) is 24.9 cm³/mol. The maximum atomic E-state index is 9.44. The van der Waals surface area contributed by atoms with E-state index in [-0.39, 0.29) is 0 Å². The number of hydrogen-bond acceptors (Lipinski definition) is 5. The minimum absolute atomic E-state index is 1.04. The molecule has 0 saturated carbocycles. The van der Waals surface area contributed by atoms with Crippen LogP contribution < -0.4 is 11.5 Å². The molecule has 6 heteroatoms. The molecule has 48 valence electrons. The molecule has 0 spiro atoms. The lowest BCUT2D eigenvalue weighted by atomic mass is 10.6. The zero-order valence-electron chi connectivity index (χ0n) is 4.33. The van der Waals surface area contributed by atoms with Crippen molar-refractivity contribution in [2.45, 2.75) is 12.8 Å². The molecule has 0 fully saturated rings. The standard InChI is InChI=1S/C2H7N3O3/c1-2(3,4)8-5(6)7/h3-4H2,1H3. The molecule has 0 saturated heterocycles. The zero-order chi connectivity index (χ0) is 6.78. The molecule has 0 aromatic rings. The van der Waals surface area contributed by atoms with Crippen LogP contribution >= 0.6 is 0 Å². The van der Waals surface area contributed by atoms with Gasteiger partial charge in [0.15, 0.2) is 0 Å². The molecule has 0 atom stereocenters. The van der Waals surface area contributed by atoms with Gasteiger partial charge in [0.2, 0.25) is 5.85 Å². The number of rotatable bonds is 2. The summed E-state index contributed by atoms with van der Waals surface area (Å²) < 4.78 is 0. The van der Waals surface area contributed by atoms with Gasteiger partial charge in [-0.15, -0.1) is 10.1 Å². The highest BCUT2D eigenvalue weighted by atomic mass is 17.0. The Morgan fingerprint density at radius 2 is 2.12 bits per heavy atom. The van der Waals surface area contributed by atoms with Crippen molar-refractivity contribution < 1.29 is 9.92 Å². The molecular formula is C2H7N3O3. The van der Waals surface area contributed by atoms with Crippen molar-refractivity contribution in [3.8, 4) is 0 Å². The third-order valence-corrected chi connectivity index (χ3v) is 0.271. The topological polar surface area (TPSA) is 104 Å². The van der Waals surface area contributed by atoms with E-state index in [4.69, 9.17) is 11.5 Å². The summed E-state index contributed by atoms with van der Waals surface area (Å²) in [6.07, 6.45) is 0. The van der Waals surface area contributed by atoms with Crippen LogP contribution in [-0.4, -0.2) is 10.9 Å². The Morgan fingerprint density at radius 3 is 2.12 bits per heavy atom. The van der Waals surface area contributed by atoms with Crippen molar-refractivity contribution in [3.05, 3.63) is 10.1 Å². The minimum Gasteiger partial charge on any atom is -0.292 e. The predicted octanol–water partition coefficient (Wildman–Crippen LogP) is -1.21. The number of nitrogens with two attached hydrogens (primary N) is 2. The van der Waals surface area contributed by atoms with Gasteiger partial charge in [0, 0.05) is 0 Å². The quantitative estimate of drug-likeness (QED) is 0.271. The molecule has 0 aromatic heterocycles. The first-order chi connectivity index (χ1) is 3.42. The highest BCUT2D eigenvalue weighted by Crippen LogP contribution is 1.88. The normalized spacial score (nSPS) is 10.9. The largest absolute Gasteiger partial charge is 0.297 e. The average Bonchev–Trinajstić information content (AvgIpc) is 1.21. The second-order valence-corrected chi connectivity index (χ2v) is 1.50. The van der Waals surface area contributed by atoms with E-state index in [1.165, 1.54) is 6.92 Å². The van der Waals surface area contributed by atoms with Crippen LogP contribution in [0.1, 0.15) is 6.92 Å². The van der Waals surface area contributed by atoms with E-state index in [1.54, 1.807) is 0 Å². The SMILES string of the molecule is CC(N)(N)O[N+](=O)[O-]. The second-order valence-electron chi connectivity index (χ2n) is 1.50. The number of hydrogen-bond donors (Lipinski definition) is 2. The monoisotopic (exact) mass is 121 g/mol. The summed E-state index contributed by atoms with van der Waals surface area (Å²) in [5.74, 6) is -1.68. The highest BCUT2D eigenvalue weighted by Gasteiger charge is 2.14. The molecule has 0 aliphatic carbocycles. The molecule has 0 unspecified atom stereocenters. The van der Waals surface area contributed by atoms with Gasteiger partial charge in [-0.25, -0.2) is 0 Å². The van der Waals surface area contributed by atoms with Crippen LogP contribution in [0.25, 0.3) is 0 Å². The lowest BCUT2D eigenvalue weighted by Gasteiger charge is -2.13. The van der Waals surface area contributed by atoms with E-state index < -0.39 is 10.9 Å². The van der Waals surface area contributed by atoms with Crippen LogP contribution in [0.5, 0.6) is 0 Å². The Bertz CT molecular complexity index is 95.2. The summed E-state index contributed by atoms with van der Waals surface area (Å²) in [5.41, 5.74) is 9.70. The molecule has 0 aliphatic heterocycles. The van der Waals surface area contributed by atoms with Crippen LogP contribution in [-0.2, 0) is 4.84 Å². The summed E-state index contributed by atoms with van der Waals surface area (Å²) in [4.78, 5) is 13.2. The Hall–Kier alpha value is -0.880. The van der Waals surface area contributed by atoms with Gasteiger partial charge >= 0.3 is 0 Å². The second kappa shape index (κ2) is 1.93. The first kappa shape index (κ1) is 7.12. The van der Waals surface area contributed by atoms with Crippen LogP contribution in [0.2, 0.25) is 0 Å². The molecule has 0 rings (SSSR count). The molecule has 6 nitrogen and oxygen atoms in total. The number of nitrogens with zero attached hydrogens (tertiary/aromatic N) is 1. The average molecular weight is 121 g/mol. The van der Waals surface area contributed by atoms with Crippen molar-refractivity contribution in [2.75, 3.05) is 0 Å². The summed E-state index contributed by atoms with van der Waals surface area (Å²) in [6, 6.07) is 0. The fourth-order valence-electron chi connectivity index (χ4n) is 0.161. The third kappa shape index (κ3) is 5.12. The highest BCUT2D eigenvalue weighted by molar-refractivity contribution is 4.47. The summed E-state index contributed by atoms with van der Waals surface area (Å²) >= 11 is 0. The van der Waals surface area contributed by atoms with Crippen molar-refractivity contribution in [2.24, 2.45) is 11.5 Å². The lowest BCUT2D eigenvalue weighted by molar-refractivity contribution is -0.780. The Kier molecular flexibility index (Phi) is 1.72. The smallest absolute Gasteiger partial charge is 0.292 e. The molecular weight excluding hydrogens is 114 g/mol. The Labute approximate surface area is 45.5 Å². The minimum atomic E-state index is -1.68. The lowest BCUT2D eigenvalue weighted by Crippen LogP contribution is -2.49.